The summed E-state index contributed by atoms with van der Waals surface area (Å²) in [5.74, 6) is -0.475. The lowest BCUT2D eigenvalue weighted by Gasteiger charge is -2.33. The molecule has 30 heavy (non-hydrogen) atoms. The quantitative estimate of drug-likeness (QED) is 0.548. The first kappa shape index (κ1) is 20.3. The van der Waals surface area contributed by atoms with Gasteiger partial charge in [-0.25, -0.2) is 0 Å². The SMILES string of the molecule is Cc1ccc2c(c1)NC(=O)C(C)(C(=O)NCCc1c(C)[nH]c3c(C)cc(Cl)cc13)O2. The van der Waals surface area contributed by atoms with E-state index in [0.29, 0.717) is 29.4 Å². The Balaban J connectivity index is 1.49. The minimum atomic E-state index is -1.63. The number of aryl methyl sites for hydroxylation is 3. The highest BCUT2D eigenvalue weighted by Crippen LogP contribution is 2.34. The standard InChI is InChI=1S/C23H24ClN3O3/c1-12-5-6-19-18(9-12)27-22(29)23(4,30-19)21(28)25-8-7-16-14(3)26-20-13(2)10-15(24)11-17(16)20/h5-6,9-11,26H,7-8H2,1-4H3,(H,25,28)(H,27,29). The van der Waals surface area contributed by atoms with E-state index in [1.54, 1.807) is 6.07 Å². The molecule has 2 amide bonds. The first-order valence-corrected chi connectivity index (χ1v) is 10.2. The molecule has 1 unspecified atom stereocenters. The summed E-state index contributed by atoms with van der Waals surface area (Å²) in [4.78, 5) is 28.9. The lowest BCUT2D eigenvalue weighted by molar-refractivity contribution is -0.146. The average molecular weight is 426 g/mol. The van der Waals surface area contributed by atoms with Crippen LogP contribution < -0.4 is 15.4 Å². The predicted molar refractivity (Wildman–Crippen MR) is 118 cm³/mol. The molecule has 2 heterocycles. The van der Waals surface area contributed by atoms with Gasteiger partial charge in [0.15, 0.2) is 0 Å². The number of carbonyl (C=O) groups is 2. The zero-order valence-corrected chi connectivity index (χ0v) is 18.2. The zero-order chi connectivity index (χ0) is 21.6. The van der Waals surface area contributed by atoms with Gasteiger partial charge in [-0.05, 0) is 75.1 Å². The van der Waals surface area contributed by atoms with Gasteiger partial charge in [0.25, 0.3) is 17.4 Å². The van der Waals surface area contributed by atoms with Crippen molar-refractivity contribution in [2.75, 3.05) is 11.9 Å². The third-order valence-corrected chi connectivity index (χ3v) is 5.83. The average Bonchev–Trinajstić information content (AvgIpc) is 2.99. The van der Waals surface area contributed by atoms with Crippen LogP contribution in [0.25, 0.3) is 10.9 Å². The topological polar surface area (TPSA) is 83.2 Å². The molecule has 0 bridgehead atoms. The Kier molecular flexibility index (Phi) is 4.98. The van der Waals surface area contributed by atoms with E-state index in [9.17, 15) is 9.59 Å². The molecule has 0 aliphatic carbocycles. The van der Waals surface area contributed by atoms with Gasteiger partial charge in [-0.2, -0.15) is 0 Å². The molecular formula is C23H24ClN3O3. The Labute approximate surface area is 179 Å². The van der Waals surface area contributed by atoms with Crippen molar-refractivity contribution < 1.29 is 14.3 Å². The lowest BCUT2D eigenvalue weighted by Crippen LogP contribution is -2.58. The fourth-order valence-corrected chi connectivity index (χ4v) is 4.16. The van der Waals surface area contributed by atoms with Crippen LogP contribution in [0.1, 0.15) is 29.3 Å². The highest BCUT2D eigenvalue weighted by atomic mass is 35.5. The maximum absolute atomic E-state index is 12.9. The number of aromatic amines is 1. The molecule has 1 aliphatic rings. The monoisotopic (exact) mass is 425 g/mol. The van der Waals surface area contributed by atoms with E-state index < -0.39 is 17.4 Å². The number of ether oxygens (including phenoxy) is 1. The van der Waals surface area contributed by atoms with E-state index in [2.05, 4.69) is 15.6 Å². The highest BCUT2D eigenvalue weighted by molar-refractivity contribution is 6.31. The van der Waals surface area contributed by atoms with Crippen LogP contribution in [0.15, 0.2) is 30.3 Å². The van der Waals surface area contributed by atoms with Crippen LogP contribution in [0, 0.1) is 20.8 Å². The Hall–Kier alpha value is -2.99. The van der Waals surface area contributed by atoms with Gasteiger partial charge in [0, 0.05) is 28.2 Å². The first-order valence-electron chi connectivity index (χ1n) is 9.86. The molecule has 0 saturated carbocycles. The molecule has 1 atom stereocenters. The molecule has 6 nitrogen and oxygen atoms in total. The normalized spacial score (nSPS) is 18.0. The van der Waals surface area contributed by atoms with Crippen LogP contribution in [0.2, 0.25) is 5.02 Å². The number of fused-ring (bicyclic) bond motifs is 2. The number of benzene rings is 2. The number of halogens is 1. The second kappa shape index (κ2) is 7.36. The number of rotatable bonds is 4. The molecule has 156 valence electrons. The molecule has 3 aromatic rings. The van der Waals surface area contributed by atoms with Gasteiger partial charge in [0.2, 0.25) is 0 Å². The van der Waals surface area contributed by atoms with Crippen molar-refractivity contribution >= 4 is 40.0 Å². The van der Waals surface area contributed by atoms with Gasteiger partial charge in [-0.3, -0.25) is 9.59 Å². The van der Waals surface area contributed by atoms with E-state index in [0.717, 1.165) is 33.3 Å². The van der Waals surface area contributed by atoms with Crippen LogP contribution in [0.3, 0.4) is 0 Å². The van der Waals surface area contributed by atoms with Crippen LogP contribution >= 0.6 is 11.6 Å². The van der Waals surface area contributed by atoms with Crippen LogP contribution in [-0.4, -0.2) is 28.9 Å². The number of carbonyl (C=O) groups excluding carboxylic acids is 2. The second-order valence-corrected chi connectivity index (χ2v) is 8.41. The van der Waals surface area contributed by atoms with E-state index in [1.165, 1.54) is 6.92 Å². The lowest BCUT2D eigenvalue weighted by atomic mass is 10.0. The summed E-state index contributed by atoms with van der Waals surface area (Å²) < 4.78 is 5.81. The molecule has 0 fully saturated rings. The van der Waals surface area contributed by atoms with Gasteiger partial charge in [0.05, 0.1) is 5.69 Å². The molecule has 0 spiro atoms. The third kappa shape index (κ3) is 3.41. The molecule has 3 N–H and O–H groups in total. The molecule has 2 aromatic carbocycles. The first-order chi connectivity index (χ1) is 14.2. The van der Waals surface area contributed by atoms with Crippen molar-refractivity contribution in [1.82, 2.24) is 10.3 Å². The summed E-state index contributed by atoms with van der Waals surface area (Å²) in [6.07, 6.45) is 0.602. The number of hydrogen-bond donors (Lipinski definition) is 3. The summed E-state index contributed by atoms with van der Waals surface area (Å²) in [5.41, 5.74) is 4.19. The minimum Gasteiger partial charge on any atom is -0.466 e. The van der Waals surface area contributed by atoms with E-state index in [-0.39, 0.29) is 0 Å². The fourth-order valence-electron chi connectivity index (χ4n) is 3.89. The molecular weight excluding hydrogens is 402 g/mol. The van der Waals surface area contributed by atoms with Gasteiger partial charge in [-0.15, -0.1) is 0 Å². The maximum atomic E-state index is 12.9. The van der Waals surface area contributed by atoms with E-state index in [4.69, 9.17) is 16.3 Å². The van der Waals surface area contributed by atoms with Crippen molar-refractivity contribution in [2.24, 2.45) is 0 Å². The summed E-state index contributed by atoms with van der Waals surface area (Å²) in [5, 5.41) is 7.36. The number of anilines is 1. The van der Waals surface area contributed by atoms with Crippen molar-refractivity contribution in [2.45, 2.75) is 39.7 Å². The van der Waals surface area contributed by atoms with Crippen LogP contribution in [0.5, 0.6) is 5.75 Å². The second-order valence-electron chi connectivity index (χ2n) is 7.97. The van der Waals surface area contributed by atoms with Gasteiger partial charge >= 0.3 is 0 Å². The largest absolute Gasteiger partial charge is 0.466 e. The fraction of sp³-hybridized carbons (Fsp3) is 0.304. The van der Waals surface area contributed by atoms with Crippen molar-refractivity contribution in [1.29, 1.82) is 0 Å². The van der Waals surface area contributed by atoms with E-state index >= 15 is 0 Å². The minimum absolute atomic E-state index is 0.366. The Morgan fingerprint density at radius 1 is 1.20 bits per heavy atom. The molecule has 1 aromatic heterocycles. The van der Waals surface area contributed by atoms with Crippen LogP contribution in [-0.2, 0) is 16.0 Å². The van der Waals surface area contributed by atoms with Gasteiger partial charge in [0.1, 0.15) is 5.75 Å². The van der Waals surface area contributed by atoms with Crippen LogP contribution in [0.4, 0.5) is 5.69 Å². The zero-order valence-electron chi connectivity index (χ0n) is 17.4. The molecule has 0 saturated heterocycles. The van der Waals surface area contributed by atoms with Crippen molar-refractivity contribution in [3.05, 3.63) is 57.7 Å². The Bertz CT molecular complexity index is 1180. The smallest absolute Gasteiger partial charge is 0.278 e. The summed E-state index contributed by atoms with van der Waals surface area (Å²) in [6.45, 7) is 7.79. The molecule has 4 rings (SSSR count). The van der Waals surface area contributed by atoms with Gasteiger partial charge in [-0.1, -0.05) is 17.7 Å². The molecule has 7 heteroatoms. The predicted octanol–water partition coefficient (Wildman–Crippen LogP) is 4.20. The number of hydrogen-bond acceptors (Lipinski definition) is 3. The highest BCUT2D eigenvalue weighted by Gasteiger charge is 2.47. The summed E-state index contributed by atoms with van der Waals surface area (Å²) in [6, 6.07) is 9.31. The third-order valence-electron chi connectivity index (χ3n) is 5.62. The summed E-state index contributed by atoms with van der Waals surface area (Å²) in [7, 11) is 0. The van der Waals surface area contributed by atoms with Gasteiger partial charge < -0.3 is 20.4 Å². The summed E-state index contributed by atoms with van der Waals surface area (Å²) >= 11 is 6.23. The Morgan fingerprint density at radius 3 is 2.73 bits per heavy atom. The molecule has 1 aliphatic heterocycles. The van der Waals surface area contributed by atoms with Crippen molar-refractivity contribution in [3.63, 3.8) is 0 Å². The Morgan fingerprint density at radius 2 is 1.97 bits per heavy atom. The van der Waals surface area contributed by atoms with E-state index in [1.807, 2.05) is 45.0 Å². The van der Waals surface area contributed by atoms with Crippen molar-refractivity contribution in [3.8, 4) is 5.75 Å². The number of H-pyrrole nitrogens is 1. The number of amides is 2. The number of aromatic nitrogens is 1. The number of nitrogens with one attached hydrogen (secondary N) is 3. The molecule has 0 radical (unpaired) electrons. The maximum Gasteiger partial charge on any atom is 0.278 e.